The number of pyridine rings is 1. The summed E-state index contributed by atoms with van der Waals surface area (Å²) in [5, 5.41) is 2.90. The lowest BCUT2D eigenvalue weighted by atomic mass is 10.2. The first-order valence-electron chi connectivity index (χ1n) is 6.10. The number of nitrogens with one attached hydrogen (secondary N) is 1. The summed E-state index contributed by atoms with van der Waals surface area (Å²) in [6.45, 7) is 9.73. The summed E-state index contributed by atoms with van der Waals surface area (Å²) in [5.74, 6) is -0.0512. The molecule has 0 fully saturated rings. The van der Waals surface area contributed by atoms with E-state index in [1.807, 2.05) is 13.0 Å². The quantitative estimate of drug-likeness (QED) is 0.812. The second kappa shape index (κ2) is 7.01. The molecule has 1 aromatic heterocycles. The highest BCUT2D eigenvalue weighted by atomic mass is 16.1. The van der Waals surface area contributed by atoms with Crippen molar-refractivity contribution in [3.05, 3.63) is 29.6 Å². The van der Waals surface area contributed by atoms with Crippen LogP contribution in [0.15, 0.2) is 18.3 Å². The Balaban J connectivity index is 2.37. The zero-order valence-corrected chi connectivity index (χ0v) is 10.9. The minimum atomic E-state index is -0.0512. The molecular formula is C13H21N3O. The van der Waals surface area contributed by atoms with Gasteiger partial charge < -0.3 is 10.2 Å². The molecule has 0 radical (unpaired) electrons. The fraction of sp³-hybridized carbons (Fsp3) is 0.538. The van der Waals surface area contributed by atoms with Crippen LogP contribution in [0.2, 0.25) is 0 Å². The van der Waals surface area contributed by atoms with E-state index in [4.69, 9.17) is 0 Å². The zero-order chi connectivity index (χ0) is 12.7. The van der Waals surface area contributed by atoms with Crippen LogP contribution in [0.3, 0.4) is 0 Å². The molecular weight excluding hydrogens is 214 g/mol. The second-order valence-electron chi connectivity index (χ2n) is 3.97. The lowest BCUT2D eigenvalue weighted by Gasteiger charge is -2.17. The van der Waals surface area contributed by atoms with Gasteiger partial charge >= 0.3 is 0 Å². The monoisotopic (exact) mass is 235 g/mol. The maximum absolute atomic E-state index is 11.7. The number of amides is 1. The average Bonchev–Trinajstić information content (AvgIpc) is 2.35. The molecule has 1 heterocycles. The summed E-state index contributed by atoms with van der Waals surface area (Å²) in [6, 6.07) is 3.65. The normalized spacial score (nSPS) is 10.6. The Bertz CT molecular complexity index is 344. The van der Waals surface area contributed by atoms with E-state index < -0.39 is 0 Å². The van der Waals surface area contributed by atoms with Gasteiger partial charge in [0.2, 0.25) is 0 Å². The van der Waals surface area contributed by atoms with Crippen LogP contribution < -0.4 is 5.32 Å². The van der Waals surface area contributed by atoms with E-state index >= 15 is 0 Å². The number of carbonyl (C=O) groups excluding carboxylic acids is 1. The van der Waals surface area contributed by atoms with E-state index in [0.717, 1.165) is 25.3 Å². The summed E-state index contributed by atoms with van der Waals surface area (Å²) < 4.78 is 0. The molecule has 0 aliphatic carbocycles. The van der Waals surface area contributed by atoms with Crippen molar-refractivity contribution in [3.63, 3.8) is 0 Å². The molecule has 0 saturated heterocycles. The Labute approximate surface area is 103 Å². The van der Waals surface area contributed by atoms with Crippen LogP contribution in [-0.2, 0) is 0 Å². The SMILES string of the molecule is CCN(CC)CCNC(=O)c1ccc(C)nc1. The van der Waals surface area contributed by atoms with E-state index in [2.05, 4.69) is 29.0 Å². The predicted molar refractivity (Wildman–Crippen MR) is 69.1 cm³/mol. The van der Waals surface area contributed by atoms with E-state index in [1.165, 1.54) is 0 Å². The van der Waals surface area contributed by atoms with E-state index in [-0.39, 0.29) is 5.91 Å². The molecule has 4 nitrogen and oxygen atoms in total. The summed E-state index contributed by atoms with van der Waals surface area (Å²) >= 11 is 0. The molecule has 0 bridgehead atoms. The molecule has 0 aromatic carbocycles. The third-order valence-corrected chi connectivity index (χ3v) is 2.78. The molecule has 94 valence electrons. The van der Waals surface area contributed by atoms with Crippen molar-refractivity contribution in [1.29, 1.82) is 0 Å². The Morgan fingerprint density at radius 2 is 2.06 bits per heavy atom. The molecule has 1 rings (SSSR count). The van der Waals surface area contributed by atoms with Crippen LogP contribution in [0, 0.1) is 6.92 Å². The maximum Gasteiger partial charge on any atom is 0.252 e. The molecule has 17 heavy (non-hydrogen) atoms. The van der Waals surface area contributed by atoms with E-state index in [1.54, 1.807) is 12.3 Å². The minimum Gasteiger partial charge on any atom is -0.351 e. The van der Waals surface area contributed by atoms with Gasteiger partial charge in [0.05, 0.1) is 5.56 Å². The van der Waals surface area contributed by atoms with Crippen LogP contribution in [0.1, 0.15) is 29.9 Å². The summed E-state index contributed by atoms with van der Waals surface area (Å²) in [7, 11) is 0. The van der Waals surface area contributed by atoms with Crippen LogP contribution in [0.5, 0.6) is 0 Å². The summed E-state index contributed by atoms with van der Waals surface area (Å²) in [6.07, 6.45) is 1.61. The standard InChI is InChI=1S/C13H21N3O/c1-4-16(5-2)9-8-14-13(17)12-7-6-11(3)15-10-12/h6-7,10H,4-5,8-9H2,1-3H3,(H,14,17). The Hall–Kier alpha value is -1.42. The average molecular weight is 235 g/mol. The van der Waals surface area contributed by atoms with Crippen molar-refractivity contribution < 1.29 is 4.79 Å². The summed E-state index contributed by atoms with van der Waals surface area (Å²) in [5.41, 5.74) is 1.54. The molecule has 1 aromatic rings. The Morgan fingerprint density at radius 3 is 2.59 bits per heavy atom. The molecule has 0 spiro atoms. The second-order valence-corrected chi connectivity index (χ2v) is 3.97. The van der Waals surface area contributed by atoms with Gasteiger partial charge in [-0.2, -0.15) is 0 Å². The highest BCUT2D eigenvalue weighted by Gasteiger charge is 2.05. The van der Waals surface area contributed by atoms with Crippen molar-refractivity contribution in [2.24, 2.45) is 0 Å². The smallest absolute Gasteiger partial charge is 0.252 e. The maximum atomic E-state index is 11.7. The lowest BCUT2D eigenvalue weighted by molar-refractivity contribution is 0.0948. The Morgan fingerprint density at radius 1 is 1.35 bits per heavy atom. The first-order chi connectivity index (χ1) is 8.17. The van der Waals surface area contributed by atoms with Gasteiger partial charge in [0.15, 0.2) is 0 Å². The van der Waals surface area contributed by atoms with Crippen molar-refractivity contribution in [2.75, 3.05) is 26.2 Å². The van der Waals surface area contributed by atoms with Crippen LogP contribution in [0.25, 0.3) is 0 Å². The van der Waals surface area contributed by atoms with Crippen LogP contribution >= 0.6 is 0 Å². The summed E-state index contributed by atoms with van der Waals surface area (Å²) in [4.78, 5) is 18.1. The van der Waals surface area contributed by atoms with Crippen molar-refractivity contribution in [2.45, 2.75) is 20.8 Å². The first-order valence-corrected chi connectivity index (χ1v) is 6.10. The largest absolute Gasteiger partial charge is 0.351 e. The van der Waals surface area contributed by atoms with Gasteiger partial charge in [0.1, 0.15) is 0 Å². The van der Waals surface area contributed by atoms with Crippen LogP contribution in [0.4, 0.5) is 0 Å². The number of nitrogens with zero attached hydrogens (tertiary/aromatic N) is 2. The zero-order valence-electron chi connectivity index (χ0n) is 10.9. The van der Waals surface area contributed by atoms with Gasteiger partial charge in [-0.05, 0) is 32.1 Å². The fourth-order valence-electron chi connectivity index (χ4n) is 1.57. The number of hydrogen-bond donors (Lipinski definition) is 1. The van der Waals surface area contributed by atoms with Crippen molar-refractivity contribution >= 4 is 5.91 Å². The molecule has 0 aliphatic heterocycles. The Kier molecular flexibility index (Phi) is 5.63. The number of rotatable bonds is 6. The molecule has 1 N–H and O–H groups in total. The van der Waals surface area contributed by atoms with Gasteiger partial charge in [0.25, 0.3) is 5.91 Å². The van der Waals surface area contributed by atoms with Gasteiger partial charge in [-0.3, -0.25) is 9.78 Å². The van der Waals surface area contributed by atoms with Crippen molar-refractivity contribution in [3.8, 4) is 0 Å². The fourth-order valence-corrected chi connectivity index (χ4v) is 1.57. The third kappa shape index (κ3) is 4.53. The van der Waals surface area contributed by atoms with E-state index in [9.17, 15) is 4.79 Å². The molecule has 4 heteroatoms. The number of likely N-dealkylation sites (N-methyl/N-ethyl adjacent to an activating group) is 1. The number of aryl methyl sites for hydroxylation is 1. The highest BCUT2D eigenvalue weighted by molar-refractivity contribution is 5.93. The highest BCUT2D eigenvalue weighted by Crippen LogP contribution is 1.98. The van der Waals surface area contributed by atoms with Crippen molar-refractivity contribution in [1.82, 2.24) is 15.2 Å². The van der Waals surface area contributed by atoms with Gasteiger partial charge in [-0.15, -0.1) is 0 Å². The lowest BCUT2D eigenvalue weighted by Crippen LogP contribution is -2.34. The minimum absolute atomic E-state index is 0.0512. The van der Waals surface area contributed by atoms with E-state index in [0.29, 0.717) is 12.1 Å². The molecule has 1 amide bonds. The van der Waals surface area contributed by atoms with Gasteiger partial charge in [-0.1, -0.05) is 13.8 Å². The van der Waals surface area contributed by atoms with Crippen LogP contribution in [-0.4, -0.2) is 42.0 Å². The molecule has 0 saturated carbocycles. The topological polar surface area (TPSA) is 45.2 Å². The predicted octanol–water partition coefficient (Wildman–Crippen LogP) is 1.46. The number of aromatic nitrogens is 1. The first kappa shape index (κ1) is 13.6. The number of carbonyl (C=O) groups is 1. The van der Waals surface area contributed by atoms with Gasteiger partial charge in [-0.25, -0.2) is 0 Å². The number of hydrogen-bond acceptors (Lipinski definition) is 3. The molecule has 0 unspecified atom stereocenters. The molecule has 0 atom stereocenters. The third-order valence-electron chi connectivity index (χ3n) is 2.78. The molecule has 0 aliphatic rings. The van der Waals surface area contributed by atoms with Gasteiger partial charge in [0, 0.05) is 25.0 Å².